The first-order chi connectivity index (χ1) is 16.7. The van der Waals surface area contributed by atoms with E-state index < -0.39 is 5.79 Å². The van der Waals surface area contributed by atoms with Gasteiger partial charge >= 0.3 is 0 Å². The Balaban J connectivity index is 1.41. The van der Waals surface area contributed by atoms with Gasteiger partial charge < -0.3 is 5.32 Å². The predicted molar refractivity (Wildman–Crippen MR) is 131 cm³/mol. The molecule has 6 rings (SSSR count). The molecule has 2 fully saturated rings. The van der Waals surface area contributed by atoms with Gasteiger partial charge in [-0.15, -0.1) is 0 Å². The number of nitrogens with zero attached hydrogens (tertiary/aromatic N) is 6. The number of piperidine rings is 1. The zero-order chi connectivity index (χ0) is 23.0. The average molecular weight is 460 g/mol. The van der Waals surface area contributed by atoms with Crippen LogP contribution in [-0.2, 0) is 5.79 Å². The van der Waals surface area contributed by atoms with E-state index in [4.69, 9.17) is 15.1 Å². The fourth-order valence-corrected chi connectivity index (χ4v) is 5.58. The number of fused-ring (bicyclic) bond motifs is 1. The van der Waals surface area contributed by atoms with E-state index in [9.17, 15) is 4.39 Å². The summed E-state index contributed by atoms with van der Waals surface area (Å²) < 4.78 is 13.5. The van der Waals surface area contributed by atoms with Crippen molar-refractivity contribution in [1.82, 2.24) is 19.9 Å². The van der Waals surface area contributed by atoms with E-state index in [1.807, 2.05) is 29.6 Å². The van der Waals surface area contributed by atoms with Gasteiger partial charge in [-0.1, -0.05) is 31.4 Å². The molecule has 4 aliphatic rings. The number of anilines is 1. The molecule has 2 aromatic rings. The zero-order valence-electron chi connectivity index (χ0n) is 19.3. The maximum absolute atomic E-state index is 13.5. The minimum absolute atomic E-state index is 0.242. The third-order valence-corrected chi connectivity index (χ3v) is 7.32. The van der Waals surface area contributed by atoms with Crippen LogP contribution < -0.4 is 5.32 Å². The van der Waals surface area contributed by atoms with E-state index in [1.54, 1.807) is 12.1 Å². The number of rotatable bonds is 5. The van der Waals surface area contributed by atoms with E-state index >= 15 is 0 Å². The number of benzene rings is 1. The van der Waals surface area contributed by atoms with E-state index in [2.05, 4.69) is 15.2 Å². The largest absolute Gasteiger partial charge is 0.351 e. The normalized spacial score (nSPS) is 25.3. The highest BCUT2D eigenvalue weighted by Crippen LogP contribution is 2.43. The Morgan fingerprint density at radius 1 is 0.971 bits per heavy atom. The fraction of sp³-hybridized carbons (Fsp3) is 0.462. The second-order valence-electron chi connectivity index (χ2n) is 9.55. The summed E-state index contributed by atoms with van der Waals surface area (Å²) in [6.45, 7) is 1.86. The van der Waals surface area contributed by atoms with Crippen LogP contribution in [0, 0.1) is 5.82 Å². The van der Waals surface area contributed by atoms with Gasteiger partial charge in [0.2, 0.25) is 5.95 Å². The quantitative estimate of drug-likeness (QED) is 0.705. The van der Waals surface area contributed by atoms with Gasteiger partial charge in [-0.2, -0.15) is 5.10 Å². The lowest BCUT2D eigenvalue weighted by molar-refractivity contribution is -0.0508. The lowest BCUT2D eigenvalue weighted by Crippen LogP contribution is -2.57. The Kier molecular flexibility index (Phi) is 5.61. The van der Waals surface area contributed by atoms with Crippen LogP contribution in [0.2, 0.25) is 0 Å². The Morgan fingerprint density at radius 2 is 1.76 bits per heavy atom. The molecular weight excluding hydrogens is 429 g/mol. The molecular formula is C26H30FN7. The molecule has 1 aromatic heterocycles. The Morgan fingerprint density at radius 3 is 2.56 bits per heavy atom. The van der Waals surface area contributed by atoms with Gasteiger partial charge in [0.05, 0.1) is 5.71 Å². The van der Waals surface area contributed by atoms with Crippen molar-refractivity contribution >= 4 is 17.9 Å². The van der Waals surface area contributed by atoms with Crippen molar-refractivity contribution in [3.05, 3.63) is 65.4 Å². The summed E-state index contributed by atoms with van der Waals surface area (Å²) in [5.41, 5.74) is 3.74. The van der Waals surface area contributed by atoms with Gasteiger partial charge in [0.25, 0.3) is 5.79 Å². The number of nitrogens with one attached hydrogen (secondary N) is 1. The van der Waals surface area contributed by atoms with E-state index in [1.165, 1.54) is 31.4 Å². The smallest absolute Gasteiger partial charge is 0.253 e. The number of aliphatic imine (C=N–C) groups is 1. The van der Waals surface area contributed by atoms with Crippen molar-refractivity contribution in [2.24, 2.45) is 10.1 Å². The number of hydrogen-bond acceptors (Lipinski definition) is 7. The van der Waals surface area contributed by atoms with Gasteiger partial charge in [-0.25, -0.2) is 24.4 Å². The first-order valence-corrected chi connectivity index (χ1v) is 12.5. The van der Waals surface area contributed by atoms with Gasteiger partial charge in [-0.3, -0.25) is 4.90 Å². The number of likely N-dealkylation sites (tertiary alicyclic amines) is 1. The lowest BCUT2D eigenvalue weighted by atomic mass is 10.0. The maximum Gasteiger partial charge on any atom is 0.253 e. The zero-order valence-corrected chi connectivity index (χ0v) is 19.3. The molecule has 1 saturated carbocycles. The van der Waals surface area contributed by atoms with Gasteiger partial charge in [0, 0.05) is 43.7 Å². The SMILES string of the molecule is Fc1ccc(C2=NN3C(=CC=NC3(c3ccnc(NC4CCCC4)n3)N3CCCCC3)C2)cc1. The highest BCUT2D eigenvalue weighted by Gasteiger charge is 2.50. The standard InChI is InChI=1S/C26H30FN7/c27-20-10-8-19(9-11-20)23-18-22-12-15-29-26(34(22)32-23,33-16-4-1-5-17-33)24-13-14-28-25(31-24)30-21-6-2-3-7-21/h8-15,21H,1-7,16-18H2,(H,28,30,31). The number of halogens is 1. The molecule has 176 valence electrons. The highest BCUT2D eigenvalue weighted by atomic mass is 19.1. The van der Waals surface area contributed by atoms with E-state index in [0.717, 1.165) is 61.4 Å². The molecule has 8 heteroatoms. The van der Waals surface area contributed by atoms with Gasteiger partial charge in [0.1, 0.15) is 11.5 Å². The molecule has 0 bridgehead atoms. The molecule has 3 aliphatic heterocycles. The van der Waals surface area contributed by atoms with Crippen LogP contribution >= 0.6 is 0 Å². The van der Waals surface area contributed by atoms with Crippen molar-refractivity contribution in [2.75, 3.05) is 18.4 Å². The summed E-state index contributed by atoms with van der Waals surface area (Å²) in [5, 5.41) is 10.7. The van der Waals surface area contributed by atoms with Crippen molar-refractivity contribution in [1.29, 1.82) is 0 Å². The van der Waals surface area contributed by atoms with E-state index in [0.29, 0.717) is 18.4 Å². The summed E-state index contributed by atoms with van der Waals surface area (Å²) in [5.74, 6) is -0.427. The van der Waals surface area contributed by atoms with Crippen LogP contribution in [0.5, 0.6) is 0 Å². The van der Waals surface area contributed by atoms with Crippen LogP contribution in [0.3, 0.4) is 0 Å². The van der Waals surface area contributed by atoms with Crippen molar-refractivity contribution < 1.29 is 4.39 Å². The van der Waals surface area contributed by atoms with E-state index in [-0.39, 0.29) is 5.82 Å². The summed E-state index contributed by atoms with van der Waals surface area (Å²) >= 11 is 0. The maximum atomic E-state index is 13.5. The van der Waals surface area contributed by atoms with Crippen LogP contribution in [-0.4, -0.2) is 50.9 Å². The van der Waals surface area contributed by atoms with Crippen LogP contribution in [0.25, 0.3) is 0 Å². The molecule has 4 heterocycles. The molecule has 1 unspecified atom stereocenters. The average Bonchev–Trinajstić information content (AvgIpc) is 3.55. The third-order valence-electron chi connectivity index (χ3n) is 7.32. The van der Waals surface area contributed by atoms with Crippen molar-refractivity contribution in [3.63, 3.8) is 0 Å². The fourth-order valence-electron chi connectivity index (χ4n) is 5.58. The molecule has 0 spiro atoms. The Bertz CT molecular complexity index is 1130. The van der Waals surface area contributed by atoms with Crippen LogP contribution in [0.4, 0.5) is 10.3 Å². The van der Waals surface area contributed by atoms with Crippen molar-refractivity contribution in [2.45, 2.75) is 63.2 Å². The van der Waals surface area contributed by atoms with Crippen molar-refractivity contribution in [3.8, 4) is 0 Å². The summed E-state index contributed by atoms with van der Waals surface area (Å²) in [7, 11) is 0. The third kappa shape index (κ3) is 3.79. The number of allylic oxidation sites excluding steroid dienone is 2. The topological polar surface area (TPSA) is 69.0 Å². The molecule has 1 aromatic carbocycles. The summed E-state index contributed by atoms with van der Waals surface area (Å²) in [4.78, 5) is 17.0. The number of hydrazone groups is 1. The molecule has 0 radical (unpaired) electrons. The lowest BCUT2D eigenvalue weighted by Gasteiger charge is -2.47. The minimum Gasteiger partial charge on any atom is -0.351 e. The Labute approximate surface area is 199 Å². The molecule has 34 heavy (non-hydrogen) atoms. The summed E-state index contributed by atoms with van der Waals surface area (Å²) in [6, 6.07) is 8.98. The van der Waals surface area contributed by atoms with Crippen LogP contribution in [0.15, 0.2) is 58.4 Å². The number of aromatic nitrogens is 2. The summed E-state index contributed by atoms with van der Waals surface area (Å²) in [6.07, 6.45) is 14.7. The number of hydrogen-bond donors (Lipinski definition) is 1. The first-order valence-electron chi connectivity index (χ1n) is 12.5. The molecule has 0 amide bonds. The molecule has 1 saturated heterocycles. The molecule has 1 N–H and O–H groups in total. The monoisotopic (exact) mass is 459 g/mol. The molecule has 7 nitrogen and oxygen atoms in total. The van der Waals surface area contributed by atoms with Gasteiger partial charge in [-0.05, 0) is 55.5 Å². The predicted octanol–water partition coefficient (Wildman–Crippen LogP) is 4.64. The first kappa shape index (κ1) is 21.4. The Hall–Kier alpha value is -3.13. The molecule has 1 aliphatic carbocycles. The van der Waals surface area contributed by atoms with Gasteiger partial charge in [0.15, 0.2) is 0 Å². The second-order valence-corrected chi connectivity index (χ2v) is 9.55. The minimum atomic E-state index is -0.846. The highest BCUT2D eigenvalue weighted by molar-refractivity contribution is 6.03. The molecule has 1 atom stereocenters. The van der Waals surface area contributed by atoms with Crippen LogP contribution in [0.1, 0.15) is 62.6 Å². The second kappa shape index (κ2) is 8.91.